The summed E-state index contributed by atoms with van der Waals surface area (Å²) >= 11 is 0. The molecule has 0 unspecified atom stereocenters. The minimum Gasteiger partial charge on any atom is -1.00 e. The molecule has 0 amide bonds. The third-order valence-electron chi connectivity index (χ3n) is 6.04. The first-order valence-electron chi connectivity index (χ1n) is 11.5. The highest BCUT2D eigenvalue weighted by Gasteiger charge is 2.27. The van der Waals surface area contributed by atoms with E-state index in [0.717, 1.165) is 13.0 Å². The SMILES string of the molecule is CCCc1ccccc1[PH+](c1ccccc1)c1ccccc1.[I-].c1ccc2c(c1)cc1n2C1. The number of hydrogen-bond acceptors (Lipinski definition) is 0. The Morgan fingerprint density at radius 2 is 1.27 bits per heavy atom. The molecule has 1 aliphatic heterocycles. The Morgan fingerprint density at radius 1 is 0.697 bits per heavy atom. The van der Waals surface area contributed by atoms with Crippen molar-refractivity contribution in [3.8, 4) is 0 Å². The van der Waals surface area contributed by atoms with Gasteiger partial charge in [0.25, 0.3) is 0 Å². The summed E-state index contributed by atoms with van der Waals surface area (Å²) in [6, 6.07) is 41.7. The van der Waals surface area contributed by atoms with Crippen molar-refractivity contribution in [1.82, 2.24) is 4.57 Å². The number of rotatable bonds is 5. The highest BCUT2D eigenvalue weighted by atomic mass is 127. The van der Waals surface area contributed by atoms with E-state index in [2.05, 4.69) is 127 Å². The molecule has 5 aromatic rings. The van der Waals surface area contributed by atoms with Crippen molar-refractivity contribution in [1.29, 1.82) is 0 Å². The molecular formula is C30H29INP. The van der Waals surface area contributed by atoms with Crippen LogP contribution >= 0.6 is 7.92 Å². The van der Waals surface area contributed by atoms with Crippen LogP contribution in [0, 0.1) is 0 Å². The number of halogens is 1. The standard InChI is InChI=1S/C21H21P.C9H7N.HI/c1-2-11-18-12-9-10-17-21(18)22(19-13-5-3-6-14-19)20-15-7-4-8-16-20;1-2-4-9-7(3-1)5-8-6-10(8)9;/h3-10,12-17H,2,11H2,1H3;1-5H,6H2;1H. The van der Waals surface area contributed by atoms with Crippen molar-refractivity contribution >= 4 is 34.7 Å². The zero-order valence-corrected chi connectivity index (χ0v) is 22.1. The summed E-state index contributed by atoms with van der Waals surface area (Å²) in [5, 5.41) is 5.83. The quantitative estimate of drug-likeness (QED) is 0.225. The second kappa shape index (κ2) is 11.1. The zero-order chi connectivity index (χ0) is 21.8. The Morgan fingerprint density at radius 3 is 1.91 bits per heavy atom. The lowest BCUT2D eigenvalue weighted by molar-refractivity contribution is -0.00000620. The number of fused-ring (bicyclic) bond motifs is 3. The Kier molecular flexibility index (Phi) is 8.01. The molecule has 4 aromatic carbocycles. The number of aromatic nitrogens is 1. The van der Waals surface area contributed by atoms with E-state index in [1.165, 1.54) is 44.5 Å². The topological polar surface area (TPSA) is 4.93 Å². The van der Waals surface area contributed by atoms with Gasteiger partial charge in [-0.3, -0.25) is 0 Å². The average molecular weight is 561 g/mol. The number of benzene rings is 4. The van der Waals surface area contributed by atoms with Crippen LogP contribution in [0.25, 0.3) is 10.9 Å². The van der Waals surface area contributed by atoms with Gasteiger partial charge >= 0.3 is 0 Å². The van der Waals surface area contributed by atoms with E-state index >= 15 is 0 Å². The molecule has 33 heavy (non-hydrogen) atoms. The minimum absolute atomic E-state index is 0. The molecule has 1 nitrogen and oxygen atoms in total. The van der Waals surface area contributed by atoms with Crippen molar-refractivity contribution in [2.75, 3.05) is 0 Å². The van der Waals surface area contributed by atoms with Crippen molar-refractivity contribution in [3.05, 3.63) is 127 Å². The van der Waals surface area contributed by atoms with Crippen LogP contribution in [0.2, 0.25) is 0 Å². The van der Waals surface area contributed by atoms with Crippen LogP contribution in [0.1, 0.15) is 24.6 Å². The lowest BCUT2D eigenvalue weighted by Gasteiger charge is -2.14. The van der Waals surface area contributed by atoms with Crippen LogP contribution in [0.3, 0.4) is 0 Å². The minimum atomic E-state index is -0.929. The second-order valence-electron chi connectivity index (χ2n) is 8.29. The number of hydrogen-bond donors (Lipinski definition) is 0. The summed E-state index contributed by atoms with van der Waals surface area (Å²) < 4.78 is 2.33. The van der Waals surface area contributed by atoms with Crippen LogP contribution in [0.15, 0.2) is 115 Å². The molecule has 0 fully saturated rings. The summed E-state index contributed by atoms with van der Waals surface area (Å²) in [5.74, 6) is 0. The highest BCUT2D eigenvalue weighted by molar-refractivity contribution is 7.79. The fourth-order valence-electron chi connectivity index (χ4n) is 4.46. The van der Waals surface area contributed by atoms with Gasteiger partial charge in [0, 0.05) is 11.2 Å². The van der Waals surface area contributed by atoms with Crippen molar-refractivity contribution in [2.24, 2.45) is 0 Å². The number of nitrogens with zero attached hydrogens (tertiary/aromatic N) is 1. The van der Waals surface area contributed by atoms with Crippen LogP contribution in [0.5, 0.6) is 0 Å². The second-order valence-corrected chi connectivity index (χ2v) is 10.7. The van der Waals surface area contributed by atoms with Crippen LogP contribution in [-0.4, -0.2) is 4.57 Å². The highest BCUT2D eigenvalue weighted by Crippen LogP contribution is 2.34. The third-order valence-corrected chi connectivity index (χ3v) is 8.89. The molecule has 0 bridgehead atoms. The lowest BCUT2D eigenvalue weighted by Crippen LogP contribution is -3.00. The van der Waals surface area contributed by atoms with E-state index in [-0.39, 0.29) is 24.0 Å². The van der Waals surface area contributed by atoms with Gasteiger partial charge in [-0.25, -0.2) is 0 Å². The predicted octanol–water partition coefficient (Wildman–Crippen LogP) is 3.14. The van der Waals surface area contributed by atoms with Gasteiger partial charge in [-0.05, 0) is 59.8 Å². The lowest BCUT2D eigenvalue weighted by atomic mass is 10.1. The van der Waals surface area contributed by atoms with Gasteiger partial charge in [-0.1, -0.05) is 86.1 Å². The smallest absolute Gasteiger partial charge is 0.105 e. The van der Waals surface area contributed by atoms with Crippen molar-refractivity contribution < 1.29 is 24.0 Å². The molecule has 0 N–H and O–H groups in total. The molecule has 0 aliphatic carbocycles. The molecule has 3 heteroatoms. The van der Waals surface area contributed by atoms with Gasteiger partial charge in [0.1, 0.15) is 15.9 Å². The Bertz CT molecular complexity index is 1270. The first-order valence-corrected chi connectivity index (χ1v) is 13.0. The molecule has 2 heterocycles. The molecule has 1 aliphatic rings. The molecule has 0 spiro atoms. The van der Waals surface area contributed by atoms with Gasteiger partial charge in [-0.15, -0.1) is 0 Å². The first kappa shape index (κ1) is 23.7. The fraction of sp³-hybridized carbons (Fsp3) is 0.133. The average Bonchev–Trinajstić information content (AvgIpc) is 3.53. The Labute approximate surface area is 215 Å². The summed E-state index contributed by atoms with van der Waals surface area (Å²) in [7, 11) is -0.929. The zero-order valence-electron chi connectivity index (χ0n) is 18.9. The normalized spacial score (nSPS) is 11.3. The molecule has 0 saturated carbocycles. The van der Waals surface area contributed by atoms with E-state index in [9.17, 15) is 0 Å². The summed E-state index contributed by atoms with van der Waals surface area (Å²) in [6.07, 6.45) is 2.35. The Hall–Kier alpha value is -2.42. The monoisotopic (exact) mass is 561 g/mol. The van der Waals surface area contributed by atoms with Crippen LogP contribution < -0.4 is 39.9 Å². The van der Waals surface area contributed by atoms with Gasteiger partial charge in [-0.2, -0.15) is 0 Å². The van der Waals surface area contributed by atoms with E-state index < -0.39 is 7.92 Å². The summed E-state index contributed by atoms with van der Waals surface area (Å²) in [6.45, 7) is 3.42. The maximum atomic E-state index is 2.33. The van der Waals surface area contributed by atoms with E-state index in [1.54, 1.807) is 0 Å². The third kappa shape index (κ3) is 5.39. The van der Waals surface area contributed by atoms with Gasteiger partial charge in [0.2, 0.25) is 0 Å². The van der Waals surface area contributed by atoms with Crippen LogP contribution in [0.4, 0.5) is 0 Å². The van der Waals surface area contributed by atoms with Crippen molar-refractivity contribution in [2.45, 2.75) is 26.3 Å². The molecule has 0 saturated heterocycles. The first-order chi connectivity index (χ1) is 15.8. The number of aryl methyl sites for hydroxylation is 1. The Balaban J connectivity index is 0.000000195. The predicted molar refractivity (Wildman–Crippen MR) is 142 cm³/mol. The molecule has 6 rings (SSSR count). The molecule has 166 valence electrons. The molecule has 1 aromatic heterocycles. The molecule has 0 radical (unpaired) electrons. The van der Waals surface area contributed by atoms with E-state index in [0.29, 0.717) is 0 Å². The summed E-state index contributed by atoms with van der Waals surface area (Å²) in [5.41, 5.74) is 4.37. The molecule has 0 atom stereocenters. The van der Waals surface area contributed by atoms with Crippen LogP contribution in [-0.2, 0) is 13.0 Å². The maximum Gasteiger partial charge on any atom is 0.105 e. The van der Waals surface area contributed by atoms with Gasteiger partial charge in [0.05, 0.1) is 14.5 Å². The largest absolute Gasteiger partial charge is 1.00 e. The summed E-state index contributed by atoms with van der Waals surface area (Å²) in [4.78, 5) is 0. The fourth-order valence-corrected chi connectivity index (χ4v) is 7.26. The van der Waals surface area contributed by atoms with Gasteiger partial charge in [0.15, 0.2) is 0 Å². The molecular weight excluding hydrogens is 532 g/mol. The van der Waals surface area contributed by atoms with Gasteiger partial charge < -0.3 is 28.5 Å². The van der Waals surface area contributed by atoms with E-state index in [4.69, 9.17) is 0 Å². The number of para-hydroxylation sites is 1. The maximum absolute atomic E-state index is 2.33. The van der Waals surface area contributed by atoms with E-state index in [1.807, 2.05) is 0 Å². The van der Waals surface area contributed by atoms with Crippen molar-refractivity contribution in [3.63, 3.8) is 0 Å².